The van der Waals surface area contributed by atoms with Crippen LogP contribution in [0, 0.1) is 0 Å². The number of aliphatic hydroxyl groups excluding tert-OH is 1. The molecule has 1 heterocycles. The maximum Gasteiger partial charge on any atom is 0.389 e. The molecular weight excluding hydrogens is 297 g/mol. The number of nitrogens with zero attached hydrogens (tertiary/aromatic N) is 1. The second-order valence-corrected chi connectivity index (χ2v) is 5.49. The maximum atomic E-state index is 12.0. The molecule has 1 aromatic rings. The predicted molar refractivity (Wildman–Crippen MR) is 76.7 cm³/mol. The van der Waals surface area contributed by atoms with Gasteiger partial charge in [-0.1, -0.05) is 12.1 Å². The van der Waals surface area contributed by atoms with Crippen molar-refractivity contribution in [3.05, 3.63) is 29.3 Å². The highest BCUT2D eigenvalue weighted by Crippen LogP contribution is 2.29. The summed E-state index contributed by atoms with van der Waals surface area (Å²) in [5.41, 5.74) is 2.90. The van der Waals surface area contributed by atoms with E-state index in [1.807, 2.05) is 19.2 Å². The average Bonchev–Trinajstić information content (AvgIpc) is 2.82. The Balaban J connectivity index is 1.85. The summed E-state index contributed by atoms with van der Waals surface area (Å²) < 4.78 is 36.0. The molecule has 1 aliphatic rings. The molecule has 2 N–H and O–H groups in total. The number of alkyl halides is 3. The maximum absolute atomic E-state index is 12.0. The van der Waals surface area contributed by atoms with Crippen LogP contribution in [-0.2, 0) is 11.2 Å². The summed E-state index contributed by atoms with van der Waals surface area (Å²) in [6.07, 6.45) is -6.15. The van der Waals surface area contributed by atoms with Crippen LogP contribution in [0.3, 0.4) is 0 Å². The highest BCUT2D eigenvalue weighted by molar-refractivity contribution is 5.75. The van der Waals surface area contributed by atoms with Crippen molar-refractivity contribution in [2.24, 2.45) is 0 Å². The quantitative estimate of drug-likeness (QED) is 0.875. The fourth-order valence-electron chi connectivity index (χ4n) is 2.47. The second-order valence-electron chi connectivity index (χ2n) is 5.49. The molecule has 0 saturated carbocycles. The van der Waals surface area contributed by atoms with Crippen LogP contribution in [0.4, 0.5) is 18.9 Å². The minimum absolute atomic E-state index is 0.0919. The number of fused-ring (bicyclic) bond motifs is 1. The van der Waals surface area contributed by atoms with Crippen molar-refractivity contribution in [3.63, 3.8) is 0 Å². The molecule has 1 amide bonds. The number of anilines is 1. The summed E-state index contributed by atoms with van der Waals surface area (Å²) in [5, 5.41) is 12.4. The monoisotopic (exact) mass is 316 g/mol. The third-order valence-electron chi connectivity index (χ3n) is 3.74. The Morgan fingerprint density at radius 3 is 2.86 bits per heavy atom. The van der Waals surface area contributed by atoms with Crippen LogP contribution >= 0.6 is 0 Å². The molecular formula is C15H19F3N2O2. The Labute approximate surface area is 126 Å². The topological polar surface area (TPSA) is 52.6 Å². The highest BCUT2D eigenvalue weighted by atomic mass is 19.4. The van der Waals surface area contributed by atoms with E-state index in [4.69, 9.17) is 0 Å². The average molecular weight is 316 g/mol. The third kappa shape index (κ3) is 4.37. The number of likely N-dealkylation sites (N-methyl/N-ethyl adjacent to an activating group) is 1. The standard InChI is InChI=1S/C15H19F3N2O2/c1-20-7-5-10-8-11(2-3-12(10)20)13(21)9-19-14(22)4-6-15(16,17)18/h2-3,8,13,21H,4-7,9H2,1H3,(H,19,22). The van der Waals surface area contributed by atoms with Gasteiger partial charge in [-0.3, -0.25) is 4.79 Å². The van der Waals surface area contributed by atoms with E-state index in [1.165, 1.54) is 0 Å². The molecule has 1 aliphatic heterocycles. The molecule has 1 aromatic carbocycles. The third-order valence-corrected chi connectivity index (χ3v) is 3.74. The lowest BCUT2D eigenvalue weighted by Gasteiger charge is -2.15. The zero-order valence-corrected chi connectivity index (χ0v) is 12.3. The first-order chi connectivity index (χ1) is 10.3. The van der Waals surface area contributed by atoms with Crippen LogP contribution in [0.1, 0.15) is 30.1 Å². The summed E-state index contributed by atoms with van der Waals surface area (Å²) in [6.45, 7) is 0.828. The summed E-state index contributed by atoms with van der Waals surface area (Å²) in [7, 11) is 1.99. The lowest BCUT2D eigenvalue weighted by atomic mass is 10.0. The van der Waals surface area contributed by atoms with Crippen molar-refractivity contribution in [2.45, 2.75) is 31.5 Å². The minimum Gasteiger partial charge on any atom is -0.387 e. The molecule has 0 saturated heterocycles. The minimum atomic E-state index is -4.35. The summed E-state index contributed by atoms with van der Waals surface area (Å²) in [6, 6.07) is 5.56. The van der Waals surface area contributed by atoms with Gasteiger partial charge in [0.1, 0.15) is 0 Å². The summed E-state index contributed by atoms with van der Waals surface area (Å²) in [4.78, 5) is 13.4. The number of halogens is 3. The molecule has 2 rings (SSSR count). The molecule has 0 fully saturated rings. The van der Waals surface area contributed by atoms with E-state index in [1.54, 1.807) is 6.07 Å². The number of rotatable bonds is 5. The highest BCUT2D eigenvalue weighted by Gasteiger charge is 2.28. The Bertz CT molecular complexity index is 546. The largest absolute Gasteiger partial charge is 0.389 e. The molecule has 7 heteroatoms. The first kappa shape index (κ1) is 16.6. The Hall–Kier alpha value is -1.76. The molecule has 1 atom stereocenters. The van der Waals surface area contributed by atoms with E-state index in [9.17, 15) is 23.1 Å². The number of hydrogen-bond donors (Lipinski definition) is 2. The second kappa shape index (κ2) is 6.56. The van der Waals surface area contributed by atoms with Gasteiger partial charge >= 0.3 is 6.18 Å². The van der Waals surface area contributed by atoms with Crippen molar-refractivity contribution in [1.82, 2.24) is 5.32 Å². The molecule has 1 unspecified atom stereocenters. The molecule has 0 bridgehead atoms. The summed E-state index contributed by atoms with van der Waals surface area (Å²) in [5.74, 6) is -0.711. The van der Waals surface area contributed by atoms with Gasteiger partial charge in [0.25, 0.3) is 0 Å². The molecule has 0 aliphatic carbocycles. The fraction of sp³-hybridized carbons (Fsp3) is 0.533. The van der Waals surface area contributed by atoms with E-state index >= 15 is 0 Å². The van der Waals surface area contributed by atoms with Gasteiger partial charge in [0, 0.05) is 32.2 Å². The van der Waals surface area contributed by atoms with E-state index < -0.39 is 31.0 Å². The first-order valence-electron chi connectivity index (χ1n) is 7.12. The smallest absolute Gasteiger partial charge is 0.387 e. The van der Waals surface area contributed by atoms with Crippen LogP contribution in [0.5, 0.6) is 0 Å². The fourth-order valence-corrected chi connectivity index (χ4v) is 2.47. The van der Waals surface area contributed by atoms with Gasteiger partial charge in [0.15, 0.2) is 0 Å². The van der Waals surface area contributed by atoms with Crippen LogP contribution in [0.2, 0.25) is 0 Å². The van der Waals surface area contributed by atoms with E-state index in [-0.39, 0.29) is 6.54 Å². The lowest BCUT2D eigenvalue weighted by Crippen LogP contribution is -2.29. The lowest BCUT2D eigenvalue weighted by molar-refractivity contribution is -0.144. The Kier molecular flexibility index (Phi) is 4.95. The number of benzene rings is 1. The van der Waals surface area contributed by atoms with Crippen molar-refractivity contribution in [2.75, 3.05) is 25.0 Å². The summed E-state index contributed by atoms with van der Waals surface area (Å²) >= 11 is 0. The number of nitrogens with one attached hydrogen (secondary N) is 1. The number of amides is 1. The Morgan fingerprint density at radius 1 is 1.45 bits per heavy atom. The van der Waals surface area contributed by atoms with Gasteiger partial charge in [0.05, 0.1) is 12.5 Å². The molecule has 122 valence electrons. The van der Waals surface area contributed by atoms with Gasteiger partial charge in [-0.05, 0) is 23.6 Å². The van der Waals surface area contributed by atoms with Crippen LogP contribution < -0.4 is 10.2 Å². The molecule has 22 heavy (non-hydrogen) atoms. The van der Waals surface area contributed by atoms with Crippen molar-refractivity contribution < 1.29 is 23.1 Å². The van der Waals surface area contributed by atoms with E-state index in [0.29, 0.717) is 5.56 Å². The van der Waals surface area contributed by atoms with E-state index in [0.717, 1.165) is 24.2 Å². The normalized spacial score (nSPS) is 15.6. The zero-order chi connectivity index (χ0) is 16.3. The molecule has 0 radical (unpaired) electrons. The number of hydrogen-bond acceptors (Lipinski definition) is 3. The molecule has 0 spiro atoms. The van der Waals surface area contributed by atoms with Crippen LogP contribution in [0.15, 0.2) is 18.2 Å². The first-order valence-corrected chi connectivity index (χ1v) is 7.12. The van der Waals surface area contributed by atoms with Crippen molar-refractivity contribution in [3.8, 4) is 0 Å². The van der Waals surface area contributed by atoms with Crippen molar-refractivity contribution in [1.29, 1.82) is 0 Å². The van der Waals surface area contributed by atoms with Gasteiger partial charge in [-0.2, -0.15) is 13.2 Å². The molecule has 4 nitrogen and oxygen atoms in total. The van der Waals surface area contributed by atoms with E-state index in [2.05, 4.69) is 10.2 Å². The van der Waals surface area contributed by atoms with Crippen LogP contribution in [-0.4, -0.2) is 37.3 Å². The van der Waals surface area contributed by atoms with Gasteiger partial charge < -0.3 is 15.3 Å². The number of carbonyl (C=O) groups excluding carboxylic acids is 1. The van der Waals surface area contributed by atoms with Crippen LogP contribution in [0.25, 0.3) is 0 Å². The SMILES string of the molecule is CN1CCc2cc(C(O)CNC(=O)CCC(F)(F)F)ccc21. The Morgan fingerprint density at radius 2 is 2.18 bits per heavy atom. The van der Waals surface area contributed by atoms with Gasteiger partial charge in [-0.15, -0.1) is 0 Å². The number of carbonyl (C=O) groups is 1. The molecule has 0 aromatic heterocycles. The zero-order valence-electron chi connectivity index (χ0n) is 12.3. The van der Waals surface area contributed by atoms with Gasteiger partial charge in [-0.25, -0.2) is 0 Å². The van der Waals surface area contributed by atoms with Gasteiger partial charge in [0.2, 0.25) is 5.91 Å². The predicted octanol–water partition coefficient (Wildman–Crippen LogP) is 2.17. The van der Waals surface area contributed by atoms with Crippen molar-refractivity contribution >= 4 is 11.6 Å². The number of aliphatic hydroxyl groups is 1.